The van der Waals surface area contributed by atoms with E-state index in [0.29, 0.717) is 6.04 Å². The average molecular weight is 294 g/mol. The third-order valence-electron chi connectivity index (χ3n) is 2.79. The number of hydrogen-bond donors (Lipinski definition) is 1. The van der Waals surface area contributed by atoms with Gasteiger partial charge in [-0.2, -0.15) is 0 Å². The zero-order valence-electron chi connectivity index (χ0n) is 10.9. The summed E-state index contributed by atoms with van der Waals surface area (Å²) in [5.74, 6) is 0. The maximum absolute atomic E-state index is 6.12. The summed E-state index contributed by atoms with van der Waals surface area (Å²) in [6.07, 6.45) is 2.11. The van der Waals surface area contributed by atoms with Crippen LogP contribution in [0.4, 0.5) is 0 Å². The maximum atomic E-state index is 6.12. The van der Waals surface area contributed by atoms with Crippen molar-refractivity contribution < 1.29 is 0 Å². The fourth-order valence-electron chi connectivity index (χ4n) is 1.59. The van der Waals surface area contributed by atoms with Gasteiger partial charge in [-0.3, -0.25) is 0 Å². The van der Waals surface area contributed by atoms with Gasteiger partial charge >= 0.3 is 0 Å². The van der Waals surface area contributed by atoms with E-state index in [1.54, 1.807) is 0 Å². The zero-order chi connectivity index (χ0) is 13.1. The molecule has 17 heavy (non-hydrogen) atoms. The van der Waals surface area contributed by atoms with Crippen molar-refractivity contribution in [3.05, 3.63) is 20.3 Å². The molecule has 1 aromatic rings. The van der Waals surface area contributed by atoms with Crippen molar-refractivity contribution in [1.29, 1.82) is 0 Å². The molecular formula is C13H21Cl2NS. The van der Waals surface area contributed by atoms with E-state index in [1.807, 2.05) is 6.07 Å². The lowest BCUT2D eigenvalue weighted by Crippen LogP contribution is -2.34. The zero-order valence-corrected chi connectivity index (χ0v) is 13.3. The molecule has 0 amide bonds. The molecular weight excluding hydrogens is 273 g/mol. The first-order chi connectivity index (χ1) is 7.80. The van der Waals surface area contributed by atoms with E-state index in [0.717, 1.165) is 28.1 Å². The van der Waals surface area contributed by atoms with Crippen LogP contribution >= 0.6 is 34.5 Å². The Labute approximate surface area is 119 Å². The standard InChI is InChI=1S/C13H21Cl2NS/c1-9(2)16-8-13(3,4)6-5-10-7-11(14)17-12(10)15/h7,9,16H,5-6,8H2,1-4H3. The van der Waals surface area contributed by atoms with Crippen LogP contribution in [-0.2, 0) is 6.42 Å². The highest BCUT2D eigenvalue weighted by atomic mass is 35.5. The Kier molecular flexibility index (Phi) is 5.78. The number of hydrogen-bond acceptors (Lipinski definition) is 2. The average Bonchev–Trinajstić information content (AvgIpc) is 2.52. The lowest BCUT2D eigenvalue weighted by Gasteiger charge is -2.26. The summed E-state index contributed by atoms with van der Waals surface area (Å²) >= 11 is 13.5. The molecule has 0 spiro atoms. The Hall–Kier alpha value is 0.240. The molecule has 1 heterocycles. The van der Waals surface area contributed by atoms with Crippen LogP contribution in [0.3, 0.4) is 0 Å². The fraction of sp³-hybridized carbons (Fsp3) is 0.692. The van der Waals surface area contributed by atoms with Crippen LogP contribution in [0, 0.1) is 5.41 Å². The SMILES string of the molecule is CC(C)NCC(C)(C)CCc1cc(Cl)sc1Cl. The second kappa shape index (κ2) is 6.42. The molecule has 0 aliphatic rings. The van der Waals surface area contributed by atoms with Crippen LogP contribution in [0.5, 0.6) is 0 Å². The van der Waals surface area contributed by atoms with Crippen LogP contribution in [0.25, 0.3) is 0 Å². The molecule has 0 saturated heterocycles. The van der Waals surface area contributed by atoms with Crippen molar-refractivity contribution >= 4 is 34.5 Å². The van der Waals surface area contributed by atoms with E-state index in [1.165, 1.54) is 16.9 Å². The Morgan fingerprint density at radius 3 is 2.47 bits per heavy atom. The Morgan fingerprint density at radius 2 is 2.00 bits per heavy atom. The highest BCUT2D eigenvalue weighted by Gasteiger charge is 2.19. The van der Waals surface area contributed by atoms with Gasteiger partial charge in [-0.25, -0.2) is 0 Å². The fourth-order valence-corrected chi connectivity index (χ4v) is 3.13. The van der Waals surface area contributed by atoms with Gasteiger partial charge in [-0.1, -0.05) is 50.9 Å². The monoisotopic (exact) mass is 293 g/mol. The summed E-state index contributed by atoms with van der Waals surface area (Å²) in [6, 6.07) is 2.52. The van der Waals surface area contributed by atoms with E-state index in [4.69, 9.17) is 23.2 Å². The Balaban J connectivity index is 2.46. The first kappa shape index (κ1) is 15.3. The number of thiophene rings is 1. The quantitative estimate of drug-likeness (QED) is 0.777. The summed E-state index contributed by atoms with van der Waals surface area (Å²) < 4.78 is 1.62. The first-order valence-electron chi connectivity index (χ1n) is 5.97. The number of aryl methyl sites for hydroxylation is 1. The van der Waals surface area contributed by atoms with Gasteiger partial charge in [0.2, 0.25) is 0 Å². The van der Waals surface area contributed by atoms with Gasteiger partial charge in [-0.05, 0) is 29.9 Å². The summed E-state index contributed by atoms with van der Waals surface area (Å²) in [4.78, 5) is 0. The van der Waals surface area contributed by atoms with E-state index in [2.05, 4.69) is 33.0 Å². The molecule has 1 rings (SSSR count). The van der Waals surface area contributed by atoms with Crippen molar-refractivity contribution in [2.45, 2.75) is 46.6 Å². The summed E-state index contributed by atoms with van der Waals surface area (Å²) in [5, 5.41) is 3.49. The lowest BCUT2D eigenvalue weighted by atomic mass is 9.86. The van der Waals surface area contributed by atoms with E-state index >= 15 is 0 Å². The van der Waals surface area contributed by atoms with Gasteiger partial charge in [0.15, 0.2) is 0 Å². The molecule has 98 valence electrons. The van der Waals surface area contributed by atoms with Crippen molar-refractivity contribution in [2.24, 2.45) is 5.41 Å². The molecule has 4 heteroatoms. The van der Waals surface area contributed by atoms with Crippen molar-refractivity contribution in [1.82, 2.24) is 5.32 Å². The van der Waals surface area contributed by atoms with Gasteiger partial charge in [-0.15, -0.1) is 11.3 Å². The van der Waals surface area contributed by atoms with Gasteiger partial charge in [0.25, 0.3) is 0 Å². The number of halogens is 2. The number of nitrogens with one attached hydrogen (secondary N) is 1. The molecule has 0 aliphatic carbocycles. The number of rotatable bonds is 6. The van der Waals surface area contributed by atoms with Crippen LogP contribution < -0.4 is 5.32 Å². The molecule has 1 N–H and O–H groups in total. The summed E-state index contributed by atoms with van der Waals surface area (Å²) in [7, 11) is 0. The third kappa shape index (κ3) is 5.60. The molecule has 0 fully saturated rings. The van der Waals surface area contributed by atoms with Crippen LogP contribution in [0.15, 0.2) is 6.07 Å². The summed E-state index contributed by atoms with van der Waals surface area (Å²) in [6.45, 7) is 9.94. The molecule has 0 radical (unpaired) electrons. The van der Waals surface area contributed by atoms with Crippen molar-refractivity contribution in [3.63, 3.8) is 0 Å². The second-order valence-corrected chi connectivity index (χ2v) is 7.83. The molecule has 0 bridgehead atoms. The van der Waals surface area contributed by atoms with Crippen LogP contribution in [-0.4, -0.2) is 12.6 Å². The smallest absolute Gasteiger partial charge is 0.0976 e. The second-order valence-electron chi connectivity index (χ2n) is 5.55. The minimum absolute atomic E-state index is 0.280. The van der Waals surface area contributed by atoms with Crippen molar-refractivity contribution in [3.8, 4) is 0 Å². The third-order valence-corrected chi connectivity index (χ3v) is 4.36. The van der Waals surface area contributed by atoms with Gasteiger partial charge in [0, 0.05) is 12.6 Å². The van der Waals surface area contributed by atoms with Gasteiger partial charge < -0.3 is 5.32 Å². The normalized spacial score (nSPS) is 12.4. The highest BCUT2D eigenvalue weighted by molar-refractivity contribution is 7.20. The van der Waals surface area contributed by atoms with E-state index in [9.17, 15) is 0 Å². The minimum atomic E-state index is 0.280. The molecule has 0 saturated carbocycles. The maximum Gasteiger partial charge on any atom is 0.0976 e. The summed E-state index contributed by atoms with van der Waals surface area (Å²) in [5.41, 5.74) is 1.46. The predicted molar refractivity (Wildman–Crippen MR) is 79.6 cm³/mol. The molecule has 1 aromatic heterocycles. The minimum Gasteiger partial charge on any atom is -0.314 e. The van der Waals surface area contributed by atoms with Gasteiger partial charge in [0.05, 0.1) is 8.67 Å². The Morgan fingerprint density at radius 1 is 1.35 bits per heavy atom. The van der Waals surface area contributed by atoms with Crippen LogP contribution in [0.2, 0.25) is 8.67 Å². The molecule has 1 nitrogen and oxygen atoms in total. The Bertz CT molecular complexity index is 358. The predicted octanol–water partition coefficient (Wildman–Crippen LogP) is 5.01. The lowest BCUT2D eigenvalue weighted by molar-refractivity contribution is 0.304. The van der Waals surface area contributed by atoms with Gasteiger partial charge in [0.1, 0.15) is 0 Å². The first-order valence-corrected chi connectivity index (χ1v) is 7.54. The molecule has 0 aliphatic heterocycles. The largest absolute Gasteiger partial charge is 0.314 e. The molecule has 0 unspecified atom stereocenters. The molecule has 0 aromatic carbocycles. The van der Waals surface area contributed by atoms with Crippen molar-refractivity contribution in [2.75, 3.05) is 6.54 Å². The molecule has 0 atom stereocenters. The van der Waals surface area contributed by atoms with E-state index < -0.39 is 0 Å². The highest BCUT2D eigenvalue weighted by Crippen LogP contribution is 2.33. The van der Waals surface area contributed by atoms with E-state index in [-0.39, 0.29) is 5.41 Å². The topological polar surface area (TPSA) is 12.0 Å². The van der Waals surface area contributed by atoms with Crippen LogP contribution in [0.1, 0.15) is 39.7 Å².